The van der Waals surface area contributed by atoms with Gasteiger partial charge in [0.05, 0.1) is 17.6 Å². The summed E-state index contributed by atoms with van der Waals surface area (Å²) in [4.78, 5) is 2.23. The quantitative estimate of drug-likeness (QED) is 0.708. The molecule has 2 heterocycles. The van der Waals surface area contributed by atoms with Crippen molar-refractivity contribution in [2.24, 2.45) is 5.10 Å². The smallest absolute Gasteiger partial charge is 0.166 e. The number of aromatic nitrogens is 2. The van der Waals surface area contributed by atoms with Crippen molar-refractivity contribution >= 4 is 6.21 Å². The summed E-state index contributed by atoms with van der Waals surface area (Å²) in [6, 6.07) is 14.5. The first-order valence-corrected chi connectivity index (χ1v) is 9.21. The van der Waals surface area contributed by atoms with E-state index in [1.54, 1.807) is 10.7 Å². The van der Waals surface area contributed by atoms with Crippen LogP contribution in [0.4, 0.5) is 4.39 Å². The summed E-state index contributed by atoms with van der Waals surface area (Å²) in [5.74, 6) is -1.09. The molecule has 1 aliphatic rings. The topological polar surface area (TPSA) is 56.9 Å². The molecule has 0 atom stereocenters. The van der Waals surface area contributed by atoms with E-state index < -0.39 is 11.6 Å². The van der Waals surface area contributed by atoms with Crippen LogP contribution in [0.5, 0.6) is 5.75 Å². The summed E-state index contributed by atoms with van der Waals surface area (Å²) in [6.07, 6.45) is 3.34. The van der Waals surface area contributed by atoms with Gasteiger partial charge in [0.2, 0.25) is 0 Å². The second-order valence-electron chi connectivity index (χ2n) is 6.88. The highest BCUT2D eigenvalue weighted by atomic mass is 19.1. The van der Waals surface area contributed by atoms with Crippen molar-refractivity contribution in [3.63, 3.8) is 0 Å². The normalized spacial score (nSPS) is 15.4. The highest BCUT2D eigenvalue weighted by Crippen LogP contribution is 2.28. The number of aromatic hydroxyl groups is 1. The van der Waals surface area contributed by atoms with E-state index in [1.807, 2.05) is 47.6 Å². The van der Waals surface area contributed by atoms with Crippen molar-refractivity contribution < 1.29 is 9.50 Å². The predicted molar refractivity (Wildman–Crippen MR) is 107 cm³/mol. The molecule has 1 fully saturated rings. The van der Waals surface area contributed by atoms with Crippen LogP contribution in [-0.2, 0) is 0 Å². The van der Waals surface area contributed by atoms with Crippen molar-refractivity contribution in [1.29, 1.82) is 0 Å². The van der Waals surface area contributed by atoms with Gasteiger partial charge in [-0.25, -0.2) is 9.07 Å². The zero-order valence-corrected chi connectivity index (χ0v) is 15.7. The van der Waals surface area contributed by atoms with E-state index in [4.69, 9.17) is 0 Å². The first-order chi connectivity index (χ1) is 13.6. The number of halogens is 1. The Bertz CT molecular complexity index is 978. The Hall–Kier alpha value is -3.19. The number of hydrogen-bond acceptors (Lipinski definition) is 5. The molecule has 0 unspecified atom stereocenters. The Morgan fingerprint density at radius 2 is 1.82 bits per heavy atom. The molecule has 0 saturated carbocycles. The van der Waals surface area contributed by atoms with Gasteiger partial charge in [0.15, 0.2) is 11.6 Å². The van der Waals surface area contributed by atoms with Crippen LogP contribution in [0.15, 0.2) is 59.8 Å². The van der Waals surface area contributed by atoms with Crippen LogP contribution < -0.4 is 0 Å². The molecule has 28 heavy (non-hydrogen) atoms. The lowest BCUT2D eigenvalue weighted by Crippen LogP contribution is -2.41. The third kappa shape index (κ3) is 3.89. The Labute approximate surface area is 163 Å². The predicted octanol–water partition coefficient (Wildman–Crippen LogP) is 2.97. The number of hydrazone groups is 1. The summed E-state index contributed by atoms with van der Waals surface area (Å²) < 4.78 is 16.0. The molecule has 0 bridgehead atoms. The molecule has 0 radical (unpaired) electrons. The molecule has 0 amide bonds. The van der Waals surface area contributed by atoms with Gasteiger partial charge < -0.3 is 10.0 Å². The third-order valence-corrected chi connectivity index (χ3v) is 4.84. The molecule has 7 heteroatoms. The monoisotopic (exact) mass is 379 g/mol. The number of piperazine rings is 1. The van der Waals surface area contributed by atoms with Crippen LogP contribution in [-0.4, -0.2) is 64.2 Å². The maximum atomic E-state index is 14.3. The highest BCUT2D eigenvalue weighted by Gasteiger charge is 2.14. The first-order valence-electron chi connectivity index (χ1n) is 9.21. The maximum Gasteiger partial charge on any atom is 0.166 e. The van der Waals surface area contributed by atoms with Gasteiger partial charge in [-0.2, -0.15) is 10.2 Å². The van der Waals surface area contributed by atoms with Gasteiger partial charge in [-0.3, -0.25) is 5.01 Å². The molecule has 2 aromatic carbocycles. The van der Waals surface area contributed by atoms with Crippen LogP contribution in [0.3, 0.4) is 0 Å². The second-order valence-corrected chi connectivity index (χ2v) is 6.88. The van der Waals surface area contributed by atoms with Gasteiger partial charge in [-0.1, -0.05) is 18.2 Å². The standard InChI is InChI=1S/C21H22FN5O/c1-25-9-11-26(12-10-25)23-15-17-13-16(14-19(22)21(17)28)20-7-8-27(24-20)18-5-3-2-4-6-18/h2-8,13-15,28H,9-12H2,1H3. The molecule has 1 saturated heterocycles. The highest BCUT2D eigenvalue weighted by molar-refractivity contribution is 5.85. The van der Waals surface area contributed by atoms with Crippen molar-refractivity contribution in [2.75, 3.05) is 33.2 Å². The second kappa shape index (κ2) is 7.82. The molecule has 6 nitrogen and oxygen atoms in total. The third-order valence-electron chi connectivity index (χ3n) is 4.84. The fraction of sp³-hybridized carbons (Fsp3) is 0.238. The molecule has 1 aromatic heterocycles. The molecular weight excluding hydrogens is 357 g/mol. The van der Waals surface area contributed by atoms with Gasteiger partial charge in [0.25, 0.3) is 0 Å². The fourth-order valence-corrected chi connectivity index (χ4v) is 3.12. The Balaban J connectivity index is 1.60. The van der Waals surface area contributed by atoms with Crippen molar-refractivity contribution in [2.45, 2.75) is 0 Å². The lowest BCUT2D eigenvalue weighted by molar-refractivity contribution is 0.159. The van der Waals surface area contributed by atoms with Gasteiger partial charge in [-0.15, -0.1) is 0 Å². The fourth-order valence-electron chi connectivity index (χ4n) is 3.12. The molecule has 0 aliphatic carbocycles. The zero-order chi connectivity index (χ0) is 19.5. The van der Waals surface area contributed by atoms with Gasteiger partial charge in [-0.05, 0) is 37.4 Å². The number of para-hydroxylation sites is 1. The number of rotatable bonds is 4. The van der Waals surface area contributed by atoms with Gasteiger partial charge >= 0.3 is 0 Å². The molecule has 3 aromatic rings. The minimum absolute atomic E-state index is 0.336. The molecule has 1 N–H and O–H groups in total. The first kappa shape index (κ1) is 18.2. The lowest BCUT2D eigenvalue weighted by Gasteiger charge is -2.30. The number of hydrogen-bond donors (Lipinski definition) is 1. The van der Waals surface area contributed by atoms with E-state index in [0.29, 0.717) is 16.8 Å². The number of phenolic OH excluding ortho intramolecular Hbond substituents is 1. The summed E-state index contributed by atoms with van der Waals surface area (Å²) in [5, 5.41) is 21.0. The van der Waals surface area contributed by atoms with Gasteiger partial charge in [0, 0.05) is 43.5 Å². The average molecular weight is 379 g/mol. The van der Waals surface area contributed by atoms with E-state index in [1.165, 1.54) is 12.3 Å². The Kier molecular flexibility index (Phi) is 5.08. The van der Waals surface area contributed by atoms with E-state index in [2.05, 4.69) is 22.1 Å². The van der Waals surface area contributed by atoms with E-state index >= 15 is 0 Å². The lowest BCUT2D eigenvalue weighted by atomic mass is 10.1. The van der Waals surface area contributed by atoms with E-state index in [9.17, 15) is 9.50 Å². The number of nitrogens with zero attached hydrogens (tertiary/aromatic N) is 5. The number of phenols is 1. The van der Waals surface area contributed by atoms with Crippen LogP contribution in [0.2, 0.25) is 0 Å². The Morgan fingerprint density at radius 3 is 2.57 bits per heavy atom. The molecule has 1 aliphatic heterocycles. The largest absolute Gasteiger partial charge is 0.504 e. The van der Waals surface area contributed by atoms with Crippen LogP contribution in [0.1, 0.15) is 5.56 Å². The molecule has 0 spiro atoms. The Morgan fingerprint density at radius 1 is 1.07 bits per heavy atom. The molecule has 4 rings (SSSR count). The SMILES string of the molecule is CN1CCN(N=Cc2cc(-c3ccn(-c4ccccc4)n3)cc(F)c2O)CC1. The summed E-state index contributed by atoms with van der Waals surface area (Å²) in [5.41, 5.74) is 2.47. The van der Waals surface area contributed by atoms with E-state index in [0.717, 1.165) is 31.9 Å². The minimum Gasteiger partial charge on any atom is -0.504 e. The van der Waals surface area contributed by atoms with Crippen LogP contribution in [0, 0.1) is 5.82 Å². The van der Waals surface area contributed by atoms with Crippen molar-refractivity contribution in [3.8, 4) is 22.7 Å². The van der Waals surface area contributed by atoms with E-state index in [-0.39, 0.29) is 0 Å². The van der Waals surface area contributed by atoms with Crippen LogP contribution >= 0.6 is 0 Å². The van der Waals surface area contributed by atoms with Crippen molar-refractivity contribution in [1.82, 2.24) is 19.7 Å². The molecule has 144 valence electrons. The molecular formula is C21H22FN5O. The average Bonchev–Trinajstić information content (AvgIpc) is 3.21. The van der Waals surface area contributed by atoms with Gasteiger partial charge in [0.1, 0.15) is 0 Å². The summed E-state index contributed by atoms with van der Waals surface area (Å²) >= 11 is 0. The zero-order valence-electron chi connectivity index (χ0n) is 15.7. The number of likely N-dealkylation sites (N-methyl/N-ethyl adjacent to an activating group) is 1. The maximum absolute atomic E-state index is 14.3. The minimum atomic E-state index is -0.688. The summed E-state index contributed by atoms with van der Waals surface area (Å²) in [6.45, 7) is 3.46. The number of benzene rings is 2. The van der Waals surface area contributed by atoms with Crippen molar-refractivity contribution in [3.05, 3.63) is 66.1 Å². The summed E-state index contributed by atoms with van der Waals surface area (Å²) in [7, 11) is 2.07. The van der Waals surface area contributed by atoms with Crippen LogP contribution in [0.25, 0.3) is 16.9 Å².